The second kappa shape index (κ2) is 5.35. The number of nitrogens with zero attached hydrogens (tertiary/aromatic N) is 1. The van der Waals surface area contributed by atoms with Gasteiger partial charge in [-0.25, -0.2) is 9.37 Å². The van der Waals surface area contributed by atoms with Crippen molar-refractivity contribution < 1.29 is 4.39 Å². The molecule has 0 saturated carbocycles. The molecule has 0 fully saturated rings. The molecule has 2 rings (SSSR count). The standard InChI is InChI=1S/C17H18FN/c1-5-12(6-2)17-16(18)15(11(3)4)13-9-7-8-10-14(13)19-17/h5-11H,1H2,2-4H3/b12-6+. The van der Waals surface area contributed by atoms with Gasteiger partial charge >= 0.3 is 0 Å². The van der Waals surface area contributed by atoms with Gasteiger partial charge in [-0.15, -0.1) is 0 Å². The average Bonchev–Trinajstić information content (AvgIpc) is 2.40. The third-order valence-corrected chi connectivity index (χ3v) is 3.25. The highest BCUT2D eigenvalue weighted by Crippen LogP contribution is 2.31. The SMILES string of the molecule is C=C/C(=C\C)c1nc2ccccc2c(C(C)C)c1F. The van der Waals surface area contributed by atoms with Crippen molar-refractivity contribution in [2.24, 2.45) is 0 Å². The van der Waals surface area contributed by atoms with Crippen LogP contribution in [0, 0.1) is 5.82 Å². The van der Waals surface area contributed by atoms with Crippen LogP contribution in [0.1, 0.15) is 37.9 Å². The molecule has 0 bridgehead atoms. The topological polar surface area (TPSA) is 12.9 Å². The molecule has 1 nitrogen and oxygen atoms in total. The number of hydrogen-bond donors (Lipinski definition) is 0. The lowest BCUT2D eigenvalue weighted by Crippen LogP contribution is -2.03. The first kappa shape index (κ1) is 13.5. The molecule has 0 spiro atoms. The van der Waals surface area contributed by atoms with E-state index in [9.17, 15) is 4.39 Å². The summed E-state index contributed by atoms with van der Waals surface area (Å²) in [5.41, 5.74) is 2.66. The first-order chi connectivity index (χ1) is 9.10. The van der Waals surface area contributed by atoms with Crippen molar-refractivity contribution >= 4 is 16.5 Å². The molecule has 1 aromatic heterocycles. The number of hydrogen-bond acceptors (Lipinski definition) is 1. The Morgan fingerprint density at radius 3 is 2.58 bits per heavy atom. The Morgan fingerprint density at radius 2 is 2.00 bits per heavy atom. The van der Waals surface area contributed by atoms with Gasteiger partial charge in [0.2, 0.25) is 0 Å². The summed E-state index contributed by atoms with van der Waals surface area (Å²) >= 11 is 0. The Bertz CT molecular complexity index is 654. The highest BCUT2D eigenvalue weighted by molar-refractivity contribution is 5.86. The maximum atomic E-state index is 14.7. The summed E-state index contributed by atoms with van der Waals surface area (Å²) in [5, 5.41) is 0.887. The maximum absolute atomic E-state index is 14.7. The van der Waals surface area contributed by atoms with Crippen molar-refractivity contribution in [2.75, 3.05) is 0 Å². The van der Waals surface area contributed by atoms with E-state index in [2.05, 4.69) is 11.6 Å². The molecule has 0 amide bonds. The van der Waals surface area contributed by atoms with E-state index >= 15 is 0 Å². The Kier molecular flexibility index (Phi) is 3.79. The van der Waals surface area contributed by atoms with Crippen LogP contribution in [0.25, 0.3) is 16.5 Å². The van der Waals surface area contributed by atoms with Gasteiger partial charge in [-0.3, -0.25) is 0 Å². The zero-order valence-electron chi connectivity index (χ0n) is 11.6. The minimum Gasteiger partial charge on any atom is -0.245 e. The summed E-state index contributed by atoms with van der Waals surface area (Å²) in [6.07, 6.45) is 3.47. The largest absolute Gasteiger partial charge is 0.245 e. The van der Waals surface area contributed by atoms with Gasteiger partial charge in [-0.1, -0.05) is 50.8 Å². The van der Waals surface area contributed by atoms with E-state index in [1.54, 1.807) is 6.08 Å². The quantitative estimate of drug-likeness (QED) is 0.696. The minimum atomic E-state index is -0.235. The van der Waals surface area contributed by atoms with E-state index in [1.807, 2.05) is 51.1 Å². The number of para-hydroxylation sites is 1. The van der Waals surface area contributed by atoms with Gasteiger partial charge in [-0.05, 0) is 24.5 Å². The molecule has 19 heavy (non-hydrogen) atoms. The second-order valence-corrected chi connectivity index (χ2v) is 4.81. The summed E-state index contributed by atoms with van der Waals surface area (Å²) in [6.45, 7) is 9.59. The molecule has 2 aromatic rings. The fourth-order valence-corrected chi connectivity index (χ4v) is 2.32. The molecular weight excluding hydrogens is 237 g/mol. The molecule has 0 unspecified atom stereocenters. The molecule has 0 atom stereocenters. The van der Waals surface area contributed by atoms with Crippen LogP contribution >= 0.6 is 0 Å². The summed E-state index contributed by atoms with van der Waals surface area (Å²) < 4.78 is 14.7. The van der Waals surface area contributed by atoms with Crippen LogP contribution in [-0.2, 0) is 0 Å². The molecule has 98 valence electrons. The first-order valence-electron chi connectivity index (χ1n) is 6.47. The second-order valence-electron chi connectivity index (χ2n) is 4.81. The Balaban J connectivity index is 2.88. The number of rotatable bonds is 3. The van der Waals surface area contributed by atoms with Gasteiger partial charge in [0.25, 0.3) is 0 Å². The lowest BCUT2D eigenvalue weighted by molar-refractivity contribution is 0.593. The van der Waals surface area contributed by atoms with Gasteiger partial charge in [0, 0.05) is 10.9 Å². The molecule has 1 aromatic carbocycles. The third-order valence-electron chi connectivity index (χ3n) is 3.25. The van der Waals surface area contributed by atoms with Gasteiger partial charge in [0.1, 0.15) is 5.69 Å². The molecule has 1 heterocycles. The van der Waals surface area contributed by atoms with Crippen LogP contribution in [0.5, 0.6) is 0 Å². The number of pyridine rings is 1. The number of fused-ring (bicyclic) bond motifs is 1. The van der Waals surface area contributed by atoms with E-state index in [1.165, 1.54) is 0 Å². The summed E-state index contributed by atoms with van der Waals surface area (Å²) in [5.74, 6) is -0.128. The fraction of sp³-hybridized carbons (Fsp3) is 0.235. The first-order valence-corrected chi connectivity index (χ1v) is 6.47. The van der Waals surface area contributed by atoms with Crippen molar-refractivity contribution in [1.82, 2.24) is 4.98 Å². The van der Waals surface area contributed by atoms with Gasteiger partial charge in [0.05, 0.1) is 5.52 Å². The van der Waals surface area contributed by atoms with Crippen LogP contribution in [0.2, 0.25) is 0 Å². The molecule has 0 N–H and O–H groups in total. The lowest BCUT2D eigenvalue weighted by atomic mass is 9.95. The van der Waals surface area contributed by atoms with Crippen LogP contribution in [0.3, 0.4) is 0 Å². The fourth-order valence-electron chi connectivity index (χ4n) is 2.32. The summed E-state index contributed by atoms with van der Waals surface area (Å²) in [6, 6.07) is 7.68. The highest BCUT2D eigenvalue weighted by atomic mass is 19.1. The molecule has 0 aliphatic heterocycles. The predicted octanol–water partition coefficient (Wildman–Crippen LogP) is 5.09. The maximum Gasteiger partial charge on any atom is 0.153 e. The minimum absolute atomic E-state index is 0.106. The van der Waals surface area contributed by atoms with Crippen LogP contribution in [0.4, 0.5) is 4.39 Å². The normalized spacial score (nSPS) is 12.2. The molecule has 0 aliphatic carbocycles. The van der Waals surface area contributed by atoms with Crippen molar-refractivity contribution in [3.63, 3.8) is 0 Å². The zero-order chi connectivity index (χ0) is 14.0. The predicted molar refractivity (Wildman–Crippen MR) is 79.6 cm³/mol. The van der Waals surface area contributed by atoms with E-state index in [0.717, 1.165) is 22.0 Å². The van der Waals surface area contributed by atoms with Crippen LogP contribution < -0.4 is 0 Å². The van der Waals surface area contributed by atoms with Crippen molar-refractivity contribution in [3.8, 4) is 0 Å². The Hall–Kier alpha value is -1.96. The monoisotopic (exact) mass is 255 g/mol. The highest BCUT2D eigenvalue weighted by Gasteiger charge is 2.18. The number of benzene rings is 1. The van der Waals surface area contributed by atoms with E-state index in [4.69, 9.17) is 0 Å². The smallest absolute Gasteiger partial charge is 0.153 e. The molecule has 2 heteroatoms. The van der Waals surface area contributed by atoms with Gasteiger partial charge < -0.3 is 0 Å². The Labute approximate surface area is 113 Å². The number of halogens is 1. The zero-order valence-corrected chi connectivity index (χ0v) is 11.6. The van der Waals surface area contributed by atoms with Crippen molar-refractivity contribution in [1.29, 1.82) is 0 Å². The van der Waals surface area contributed by atoms with E-state index in [0.29, 0.717) is 5.69 Å². The molecule has 0 aliphatic rings. The lowest BCUT2D eigenvalue weighted by Gasteiger charge is -2.14. The molecule has 0 radical (unpaired) electrons. The number of allylic oxidation sites excluding steroid dienone is 3. The molecular formula is C17H18FN. The van der Waals surface area contributed by atoms with Crippen molar-refractivity contribution in [2.45, 2.75) is 26.7 Å². The van der Waals surface area contributed by atoms with Gasteiger partial charge in [0.15, 0.2) is 5.82 Å². The van der Waals surface area contributed by atoms with Crippen LogP contribution in [-0.4, -0.2) is 4.98 Å². The average molecular weight is 255 g/mol. The number of aromatic nitrogens is 1. The summed E-state index contributed by atoms with van der Waals surface area (Å²) in [7, 11) is 0. The summed E-state index contributed by atoms with van der Waals surface area (Å²) in [4.78, 5) is 4.45. The third kappa shape index (κ3) is 2.30. The van der Waals surface area contributed by atoms with E-state index < -0.39 is 0 Å². The van der Waals surface area contributed by atoms with Gasteiger partial charge in [-0.2, -0.15) is 0 Å². The Morgan fingerprint density at radius 1 is 1.32 bits per heavy atom. The van der Waals surface area contributed by atoms with Crippen LogP contribution in [0.15, 0.2) is 43.0 Å². The molecule has 0 saturated heterocycles. The van der Waals surface area contributed by atoms with Crippen molar-refractivity contribution in [3.05, 3.63) is 60.1 Å². The van der Waals surface area contributed by atoms with E-state index in [-0.39, 0.29) is 11.7 Å².